The van der Waals surface area contributed by atoms with E-state index < -0.39 is 5.54 Å². The molecule has 0 amide bonds. The maximum atomic E-state index is 6.10. The molecule has 0 aromatic heterocycles. The van der Waals surface area contributed by atoms with Crippen molar-refractivity contribution in [1.29, 1.82) is 0 Å². The van der Waals surface area contributed by atoms with E-state index in [2.05, 4.69) is 0 Å². The summed E-state index contributed by atoms with van der Waals surface area (Å²) in [6.45, 7) is 6.40. The number of benzene rings is 1. The van der Waals surface area contributed by atoms with Crippen LogP contribution in [-0.4, -0.2) is 13.7 Å². The van der Waals surface area contributed by atoms with Gasteiger partial charge in [0.25, 0.3) is 0 Å². The first-order chi connectivity index (χ1) is 6.92. The van der Waals surface area contributed by atoms with Crippen LogP contribution in [-0.2, 0) is 5.54 Å². The smallest absolute Gasteiger partial charge is 0.124 e. The third-order valence-electron chi connectivity index (χ3n) is 2.75. The molecule has 0 radical (unpaired) electrons. The Balaban J connectivity index is 3.26. The van der Waals surface area contributed by atoms with E-state index in [1.54, 1.807) is 7.11 Å². The normalized spacial score (nSPS) is 14.8. The van der Waals surface area contributed by atoms with Gasteiger partial charge in [-0.25, -0.2) is 0 Å². The van der Waals surface area contributed by atoms with E-state index in [-0.39, 0.29) is 0 Å². The molecule has 1 aromatic rings. The summed E-state index contributed by atoms with van der Waals surface area (Å²) in [6, 6.07) is 4.08. The fourth-order valence-electron chi connectivity index (χ4n) is 1.72. The highest BCUT2D eigenvalue weighted by atomic mass is 16.5. The molecule has 84 valence electrons. The fraction of sp³-hybridized carbons (Fsp3) is 0.500. The second kappa shape index (κ2) is 4.21. The van der Waals surface area contributed by atoms with Crippen molar-refractivity contribution in [2.24, 2.45) is 11.5 Å². The van der Waals surface area contributed by atoms with Gasteiger partial charge in [-0.2, -0.15) is 0 Å². The Hall–Kier alpha value is -1.06. The molecule has 0 bridgehead atoms. The molecule has 3 heteroatoms. The molecule has 0 fully saturated rings. The van der Waals surface area contributed by atoms with E-state index in [9.17, 15) is 0 Å². The van der Waals surface area contributed by atoms with Crippen LogP contribution in [0.5, 0.6) is 5.75 Å². The van der Waals surface area contributed by atoms with E-state index in [0.29, 0.717) is 6.54 Å². The van der Waals surface area contributed by atoms with E-state index in [1.807, 2.05) is 32.9 Å². The second-order valence-corrected chi connectivity index (χ2v) is 4.26. The zero-order chi connectivity index (χ0) is 11.6. The quantitative estimate of drug-likeness (QED) is 0.790. The van der Waals surface area contributed by atoms with Gasteiger partial charge < -0.3 is 16.2 Å². The first-order valence-corrected chi connectivity index (χ1v) is 5.07. The van der Waals surface area contributed by atoms with Crippen molar-refractivity contribution >= 4 is 0 Å². The van der Waals surface area contributed by atoms with Crippen molar-refractivity contribution in [3.05, 3.63) is 28.8 Å². The largest absolute Gasteiger partial charge is 0.496 e. The standard InChI is InChI=1S/C12H20N2O/c1-8-5-10(12(3,14)7-13)6-9(2)11(8)15-4/h5-6H,7,13-14H2,1-4H3. The third kappa shape index (κ3) is 2.30. The Morgan fingerprint density at radius 1 is 1.27 bits per heavy atom. The van der Waals surface area contributed by atoms with Crippen molar-refractivity contribution in [2.75, 3.05) is 13.7 Å². The second-order valence-electron chi connectivity index (χ2n) is 4.26. The molecule has 0 aliphatic heterocycles. The molecule has 0 aliphatic carbocycles. The van der Waals surface area contributed by atoms with Crippen molar-refractivity contribution in [2.45, 2.75) is 26.3 Å². The molecule has 0 aliphatic rings. The van der Waals surface area contributed by atoms with Crippen LogP contribution in [0, 0.1) is 13.8 Å². The topological polar surface area (TPSA) is 61.3 Å². The van der Waals surface area contributed by atoms with Crippen molar-refractivity contribution in [1.82, 2.24) is 0 Å². The first kappa shape index (κ1) is 12.0. The van der Waals surface area contributed by atoms with Crippen LogP contribution in [0.3, 0.4) is 0 Å². The van der Waals surface area contributed by atoms with Crippen LogP contribution in [0.2, 0.25) is 0 Å². The molecule has 3 nitrogen and oxygen atoms in total. The summed E-state index contributed by atoms with van der Waals surface area (Å²) >= 11 is 0. The minimum Gasteiger partial charge on any atom is -0.496 e. The number of ether oxygens (including phenoxy) is 1. The lowest BCUT2D eigenvalue weighted by molar-refractivity contribution is 0.407. The van der Waals surface area contributed by atoms with Gasteiger partial charge in [-0.05, 0) is 37.5 Å². The molecular formula is C12H20N2O. The average Bonchev–Trinajstić information content (AvgIpc) is 2.17. The van der Waals surface area contributed by atoms with Crippen molar-refractivity contribution in [3.63, 3.8) is 0 Å². The van der Waals surface area contributed by atoms with Gasteiger partial charge in [0.15, 0.2) is 0 Å². The maximum absolute atomic E-state index is 6.10. The lowest BCUT2D eigenvalue weighted by Gasteiger charge is -2.25. The van der Waals surface area contributed by atoms with Crippen LogP contribution < -0.4 is 16.2 Å². The molecule has 1 atom stereocenters. The van der Waals surface area contributed by atoms with E-state index in [4.69, 9.17) is 16.2 Å². The monoisotopic (exact) mass is 208 g/mol. The van der Waals surface area contributed by atoms with Crippen molar-refractivity contribution < 1.29 is 4.74 Å². The van der Waals surface area contributed by atoms with Gasteiger partial charge >= 0.3 is 0 Å². The zero-order valence-electron chi connectivity index (χ0n) is 9.92. The Morgan fingerprint density at radius 2 is 1.73 bits per heavy atom. The highest BCUT2D eigenvalue weighted by Crippen LogP contribution is 2.28. The molecule has 1 unspecified atom stereocenters. The minimum atomic E-state index is -0.470. The van der Waals surface area contributed by atoms with Gasteiger partial charge in [-0.1, -0.05) is 12.1 Å². The van der Waals surface area contributed by atoms with Crippen LogP contribution in [0.25, 0.3) is 0 Å². The predicted octanol–water partition coefficient (Wildman–Crippen LogP) is 1.44. The highest BCUT2D eigenvalue weighted by molar-refractivity contribution is 5.45. The number of aryl methyl sites for hydroxylation is 2. The van der Waals surface area contributed by atoms with E-state index in [1.165, 1.54) is 0 Å². The molecule has 1 rings (SSSR count). The summed E-state index contributed by atoms with van der Waals surface area (Å²) < 4.78 is 5.30. The van der Waals surface area contributed by atoms with Crippen LogP contribution >= 0.6 is 0 Å². The fourth-order valence-corrected chi connectivity index (χ4v) is 1.72. The number of nitrogens with two attached hydrogens (primary N) is 2. The van der Waals surface area contributed by atoms with E-state index >= 15 is 0 Å². The third-order valence-corrected chi connectivity index (χ3v) is 2.75. The van der Waals surface area contributed by atoms with Gasteiger partial charge in [0.05, 0.1) is 12.6 Å². The molecule has 4 N–H and O–H groups in total. The summed E-state index contributed by atoms with van der Waals surface area (Å²) in [7, 11) is 1.68. The molecule has 1 aromatic carbocycles. The van der Waals surface area contributed by atoms with E-state index in [0.717, 1.165) is 22.4 Å². The highest BCUT2D eigenvalue weighted by Gasteiger charge is 2.20. The van der Waals surface area contributed by atoms with Gasteiger partial charge in [0.1, 0.15) is 5.75 Å². The Labute approximate surface area is 91.4 Å². The molecule has 0 saturated carbocycles. The van der Waals surface area contributed by atoms with Crippen LogP contribution in [0.4, 0.5) is 0 Å². The maximum Gasteiger partial charge on any atom is 0.124 e. The van der Waals surface area contributed by atoms with Crippen LogP contribution in [0.1, 0.15) is 23.6 Å². The molecule has 15 heavy (non-hydrogen) atoms. The van der Waals surface area contributed by atoms with Crippen molar-refractivity contribution in [3.8, 4) is 5.75 Å². The molecule has 0 saturated heterocycles. The Bertz CT molecular complexity index is 336. The number of methoxy groups -OCH3 is 1. The van der Waals surface area contributed by atoms with Gasteiger partial charge in [0, 0.05) is 6.54 Å². The molecule has 0 heterocycles. The SMILES string of the molecule is COc1c(C)cc(C(C)(N)CN)cc1C. The summed E-state index contributed by atoms with van der Waals surface area (Å²) in [4.78, 5) is 0. The Kier molecular flexibility index (Phi) is 3.37. The summed E-state index contributed by atoms with van der Waals surface area (Å²) in [5.41, 5.74) is 14.5. The number of rotatable bonds is 3. The molecule has 0 spiro atoms. The summed E-state index contributed by atoms with van der Waals surface area (Å²) in [5.74, 6) is 0.923. The Morgan fingerprint density at radius 3 is 2.07 bits per heavy atom. The predicted molar refractivity (Wildman–Crippen MR) is 63.1 cm³/mol. The van der Waals surface area contributed by atoms with Gasteiger partial charge in [-0.15, -0.1) is 0 Å². The summed E-state index contributed by atoms with van der Waals surface area (Å²) in [5, 5.41) is 0. The van der Waals surface area contributed by atoms with Crippen LogP contribution in [0.15, 0.2) is 12.1 Å². The lowest BCUT2D eigenvalue weighted by atomic mass is 9.90. The number of hydrogen-bond acceptors (Lipinski definition) is 3. The minimum absolute atomic E-state index is 0.429. The summed E-state index contributed by atoms with van der Waals surface area (Å²) in [6.07, 6.45) is 0. The lowest BCUT2D eigenvalue weighted by Crippen LogP contribution is -2.40. The van der Waals surface area contributed by atoms with Gasteiger partial charge in [-0.3, -0.25) is 0 Å². The average molecular weight is 208 g/mol. The number of hydrogen-bond donors (Lipinski definition) is 2. The van der Waals surface area contributed by atoms with Gasteiger partial charge in [0.2, 0.25) is 0 Å². The zero-order valence-corrected chi connectivity index (χ0v) is 9.92. The first-order valence-electron chi connectivity index (χ1n) is 5.07. The molecular weight excluding hydrogens is 188 g/mol.